The molecule has 3 nitrogen and oxygen atoms in total. The molecule has 0 heterocycles. The summed E-state index contributed by atoms with van der Waals surface area (Å²) in [6, 6.07) is 4.74. The van der Waals surface area contributed by atoms with Crippen LogP contribution in [-0.2, 0) is 0 Å². The number of carbonyl (C=O) groups excluding carboxylic acids is 1. The topological polar surface area (TPSA) is 49.3 Å². The van der Waals surface area contributed by atoms with Crippen molar-refractivity contribution in [3.63, 3.8) is 0 Å². The summed E-state index contributed by atoms with van der Waals surface area (Å²) in [6.07, 6.45) is 0. The van der Waals surface area contributed by atoms with Crippen molar-refractivity contribution in [1.29, 1.82) is 0 Å². The lowest BCUT2D eigenvalue weighted by molar-refractivity contribution is 0.0920. The number of hydrogen-bond donors (Lipinski definition) is 2. The first-order chi connectivity index (χ1) is 7.35. The molecule has 0 fully saturated rings. The summed E-state index contributed by atoms with van der Waals surface area (Å²) >= 11 is 5.73. The zero-order valence-electron chi connectivity index (χ0n) is 9.67. The Balaban J connectivity index is 2.85. The molecule has 1 aromatic rings. The third kappa shape index (κ3) is 3.14. The van der Waals surface area contributed by atoms with Crippen LogP contribution in [0.25, 0.3) is 0 Å². The van der Waals surface area contributed by atoms with E-state index < -0.39 is 5.54 Å². The minimum atomic E-state index is -0.440. The maximum absolute atomic E-state index is 11.8. The number of benzene rings is 1. The number of phenols is 1. The van der Waals surface area contributed by atoms with Crippen LogP contribution in [-0.4, -0.2) is 22.4 Å². The van der Waals surface area contributed by atoms with Gasteiger partial charge in [-0.1, -0.05) is 0 Å². The van der Waals surface area contributed by atoms with Crippen LogP contribution in [0.3, 0.4) is 0 Å². The fraction of sp³-hybridized carbons (Fsp3) is 0.417. The van der Waals surface area contributed by atoms with Gasteiger partial charge in [0.25, 0.3) is 5.91 Å². The average molecular weight is 242 g/mol. The van der Waals surface area contributed by atoms with Crippen LogP contribution in [0.15, 0.2) is 18.2 Å². The second-order valence-corrected chi connectivity index (χ2v) is 4.74. The lowest BCUT2D eigenvalue weighted by Gasteiger charge is -2.23. The summed E-state index contributed by atoms with van der Waals surface area (Å²) in [5.74, 6) is 0.345. The van der Waals surface area contributed by atoms with Gasteiger partial charge in [0.15, 0.2) is 0 Å². The van der Waals surface area contributed by atoms with Gasteiger partial charge in [0, 0.05) is 17.0 Å². The Morgan fingerprint density at radius 1 is 1.50 bits per heavy atom. The van der Waals surface area contributed by atoms with Gasteiger partial charge in [-0.05, 0) is 44.5 Å². The highest BCUT2D eigenvalue weighted by molar-refractivity contribution is 6.18. The lowest BCUT2D eigenvalue weighted by Crippen LogP contribution is -2.44. The van der Waals surface area contributed by atoms with Crippen LogP contribution < -0.4 is 5.32 Å². The lowest BCUT2D eigenvalue weighted by atomic mass is 10.1. The maximum atomic E-state index is 11.8. The van der Waals surface area contributed by atoms with E-state index in [0.717, 1.165) is 0 Å². The fourth-order valence-electron chi connectivity index (χ4n) is 1.21. The van der Waals surface area contributed by atoms with Gasteiger partial charge in [-0.25, -0.2) is 0 Å². The van der Waals surface area contributed by atoms with E-state index in [0.29, 0.717) is 17.0 Å². The predicted molar refractivity (Wildman–Crippen MR) is 65.1 cm³/mol. The van der Waals surface area contributed by atoms with Crippen LogP contribution in [0.4, 0.5) is 0 Å². The van der Waals surface area contributed by atoms with E-state index in [2.05, 4.69) is 5.32 Å². The van der Waals surface area contributed by atoms with E-state index in [1.165, 1.54) is 6.07 Å². The summed E-state index contributed by atoms with van der Waals surface area (Å²) in [5.41, 5.74) is 0.759. The first kappa shape index (κ1) is 12.8. The largest absolute Gasteiger partial charge is 0.508 e. The molecule has 1 rings (SSSR count). The molecule has 0 unspecified atom stereocenters. The third-order valence-corrected chi connectivity index (χ3v) is 2.91. The second kappa shape index (κ2) is 4.74. The maximum Gasteiger partial charge on any atom is 0.251 e. The molecule has 88 valence electrons. The first-order valence-electron chi connectivity index (χ1n) is 5.04. The Kier molecular flexibility index (Phi) is 3.81. The predicted octanol–water partition coefficient (Wildman–Crippen LogP) is 2.45. The van der Waals surface area contributed by atoms with Crippen molar-refractivity contribution < 1.29 is 9.90 Å². The Morgan fingerprint density at radius 2 is 2.12 bits per heavy atom. The Bertz CT molecular complexity index is 402. The van der Waals surface area contributed by atoms with Crippen molar-refractivity contribution in [2.24, 2.45) is 0 Å². The van der Waals surface area contributed by atoms with Crippen molar-refractivity contribution >= 4 is 17.5 Å². The normalized spacial score (nSPS) is 11.2. The first-order valence-corrected chi connectivity index (χ1v) is 5.57. The van der Waals surface area contributed by atoms with Gasteiger partial charge in [0.1, 0.15) is 5.75 Å². The summed E-state index contributed by atoms with van der Waals surface area (Å²) in [6.45, 7) is 5.45. The van der Waals surface area contributed by atoms with Gasteiger partial charge in [0.05, 0.1) is 0 Å². The Hall–Kier alpha value is -1.22. The van der Waals surface area contributed by atoms with E-state index >= 15 is 0 Å². The van der Waals surface area contributed by atoms with Crippen LogP contribution in [0.2, 0.25) is 0 Å². The Morgan fingerprint density at radius 3 is 2.62 bits per heavy atom. The second-order valence-electron chi connectivity index (χ2n) is 4.47. The van der Waals surface area contributed by atoms with Gasteiger partial charge in [-0.3, -0.25) is 4.79 Å². The molecular formula is C12H16ClNO2. The summed E-state index contributed by atoms with van der Waals surface area (Å²) in [4.78, 5) is 11.8. The van der Waals surface area contributed by atoms with Crippen molar-refractivity contribution in [2.75, 3.05) is 5.88 Å². The SMILES string of the molecule is Cc1cc(C(=O)NC(C)(C)CCl)ccc1O. The molecule has 1 aromatic carbocycles. The molecule has 0 bridgehead atoms. The highest BCUT2D eigenvalue weighted by Gasteiger charge is 2.20. The summed E-state index contributed by atoms with van der Waals surface area (Å²) in [5, 5.41) is 12.2. The fourth-order valence-corrected chi connectivity index (χ4v) is 1.28. The molecule has 0 saturated carbocycles. The molecule has 0 atom stereocenters. The van der Waals surface area contributed by atoms with Crippen molar-refractivity contribution in [3.8, 4) is 5.75 Å². The molecule has 4 heteroatoms. The van der Waals surface area contributed by atoms with E-state index in [-0.39, 0.29) is 11.7 Å². The smallest absolute Gasteiger partial charge is 0.251 e. The number of amides is 1. The molecule has 0 aromatic heterocycles. The van der Waals surface area contributed by atoms with Crippen molar-refractivity contribution in [3.05, 3.63) is 29.3 Å². The number of nitrogens with one attached hydrogen (secondary N) is 1. The standard InChI is InChI=1S/C12H16ClNO2/c1-8-6-9(4-5-10(8)15)11(16)14-12(2,3)7-13/h4-6,15H,7H2,1-3H3,(H,14,16). The number of phenolic OH excluding ortho intramolecular Hbond substituents is 1. The van der Waals surface area contributed by atoms with Gasteiger partial charge in [-0.2, -0.15) is 0 Å². The van der Waals surface area contributed by atoms with Crippen molar-refractivity contribution in [1.82, 2.24) is 5.32 Å². The van der Waals surface area contributed by atoms with Gasteiger partial charge >= 0.3 is 0 Å². The molecule has 0 saturated heterocycles. The van der Waals surface area contributed by atoms with Gasteiger partial charge in [-0.15, -0.1) is 11.6 Å². The number of aryl methyl sites for hydroxylation is 1. The summed E-state index contributed by atoms with van der Waals surface area (Å²) < 4.78 is 0. The van der Waals surface area contributed by atoms with Gasteiger partial charge in [0.2, 0.25) is 0 Å². The highest BCUT2D eigenvalue weighted by Crippen LogP contribution is 2.17. The van der Waals surface area contributed by atoms with Crippen LogP contribution >= 0.6 is 11.6 Å². The van der Waals surface area contributed by atoms with E-state index in [1.807, 2.05) is 13.8 Å². The highest BCUT2D eigenvalue weighted by atomic mass is 35.5. The zero-order valence-corrected chi connectivity index (χ0v) is 10.4. The van der Waals surface area contributed by atoms with E-state index in [1.54, 1.807) is 19.1 Å². The molecule has 0 aliphatic rings. The zero-order chi connectivity index (χ0) is 12.3. The third-order valence-electron chi connectivity index (χ3n) is 2.24. The molecule has 16 heavy (non-hydrogen) atoms. The van der Waals surface area contributed by atoms with Crippen molar-refractivity contribution in [2.45, 2.75) is 26.3 Å². The number of rotatable bonds is 3. The van der Waals surface area contributed by atoms with E-state index in [4.69, 9.17) is 11.6 Å². The number of halogens is 1. The number of alkyl halides is 1. The van der Waals surface area contributed by atoms with E-state index in [9.17, 15) is 9.90 Å². The molecular weight excluding hydrogens is 226 g/mol. The Labute approximate surface area is 100 Å². The molecule has 2 N–H and O–H groups in total. The number of hydrogen-bond acceptors (Lipinski definition) is 2. The molecule has 0 aliphatic carbocycles. The van der Waals surface area contributed by atoms with Crippen LogP contribution in [0, 0.1) is 6.92 Å². The minimum Gasteiger partial charge on any atom is -0.508 e. The number of aromatic hydroxyl groups is 1. The quantitative estimate of drug-likeness (QED) is 0.799. The minimum absolute atomic E-state index is 0.186. The van der Waals surface area contributed by atoms with Gasteiger partial charge < -0.3 is 10.4 Å². The molecule has 0 spiro atoms. The average Bonchev–Trinajstić information content (AvgIpc) is 2.21. The molecule has 0 aliphatic heterocycles. The summed E-state index contributed by atoms with van der Waals surface area (Å²) in [7, 11) is 0. The van der Waals surface area contributed by atoms with Crippen LogP contribution in [0.5, 0.6) is 5.75 Å². The molecule has 1 amide bonds. The number of carbonyl (C=O) groups is 1. The monoisotopic (exact) mass is 241 g/mol. The molecule has 0 radical (unpaired) electrons. The van der Waals surface area contributed by atoms with Crippen LogP contribution in [0.1, 0.15) is 29.8 Å².